The van der Waals surface area contributed by atoms with Gasteiger partial charge >= 0.3 is 75.3 Å². The Hall–Kier alpha value is -1.03. The second-order valence-electron chi connectivity index (χ2n) is 5.83. The molecule has 33 heavy (non-hydrogen) atoms. The molecule has 1 heterocycles. The van der Waals surface area contributed by atoms with Gasteiger partial charge in [0.1, 0.15) is 23.2 Å². The molecular formula is C16H13FN3Na2O9PS. The van der Waals surface area contributed by atoms with E-state index < -0.39 is 36.6 Å². The number of fused-ring (bicyclic) bond motifs is 1. The van der Waals surface area contributed by atoms with Crippen LogP contribution in [-0.2, 0) is 30.7 Å². The van der Waals surface area contributed by atoms with Gasteiger partial charge in [0.25, 0.3) is 0 Å². The first kappa shape index (κ1) is 30.0. The molecule has 166 valence electrons. The van der Waals surface area contributed by atoms with Gasteiger partial charge in [0.15, 0.2) is 0 Å². The Labute approximate surface area is 231 Å². The molecule has 17 heteroatoms. The average molecular weight is 519 g/mol. The Kier molecular flexibility index (Phi) is 11.0. The zero-order valence-electron chi connectivity index (χ0n) is 17.6. The Morgan fingerprint density at radius 2 is 1.82 bits per heavy atom. The van der Waals surface area contributed by atoms with Gasteiger partial charge < -0.3 is 27.8 Å². The number of anilines is 1. The number of ether oxygens (including phenoxy) is 1. The maximum Gasteiger partial charge on any atom is 1.00 e. The molecule has 0 bridgehead atoms. The number of hydrogen-bond donors (Lipinski definition) is 1. The Morgan fingerprint density at radius 3 is 2.39 bits per heavy atom. The molecule has 1 amide bonds. The summed E-state index contributed by atoms with van der Waals surface area (Å²) in [6.45, 7) is -0.811. The molecule has 3 rings (SSSR count). The van der Waals surface area contributed by atoms with Gasteiger partial charge in [-0.25, -0.2) is 14.2 Å². The van der Waals surface area contributed by atoms with Crippen molar-refractivity contribution >= 4 is 41.0 Å². The second-order valence-corrected chi connectivity index (χ2v) is 8.53. The first-order chi connectivity index (χ1) is 14.5. The van der Waals surface area contributed by atoms with Gasteiger partial charge in [0, 0.05) is 6.07 Å². The summed E-state index contributed by atoms with van der Waals surface area (Å²) < 4.78 is 63.3. The number of benzene rings is 2. The number of phosphoric acid groups is 1. The predicted molar refractivity (Wildman–Crippen MR) is 98.7 cm³/mol. The number of carbonyl (C=O) groups excluding carboxylic acids is 1. The van der Waals surface area contributed by atoms with Gasteiger partial charge in [0.2, 0.25) is 5.95 Å². The third-order valence-electron chi connectivity index (χ3n) is 3.77. The molecule has 0 radical (unpaired) electrons. The van der Waals surface area contributed by atoms with Crippen LogP contribution in [-0.4, -0.2) is 31.2 Å². The minimum Gasteiger partial charge on any atom is -0.790 e. The molecule has 12 nitrogen and oxygen atoms in total. The van der Waals surface area contributed by atoms with Crippen molar-refractivity contribution in [1.29, 1.82) is 0 Å². The van der Waals surface area contributed by atoms with E-state index in [0.717, 1.165) is 35.9 Å². The fourth-order valence-electron chi connectivity index (χ4n) is 2.43. The van der Waals surface area contributed by atoms with Crippen molar-refractivity contribution in [2.75, 3.05) is 12.4 Å². The van der Waals surface area contributed by atoms with Crippen LogP contribution in [0.2, 0.25) is 0 Å². The molecule has 0 saturated heterocycles. The number of carbonyl (C=O) groups is 1. The van der Waals surface area contributed by atoms with Gasteiger partial charge in [0.05, 0.1) is 26.0 Å². The summed E-state index contributed by atoms with van der Waals surface area (Å²) in [5.41, 5.74) is 0.236. The number of nitrogens with one attached hydrogen (secondary N) is 1. The van der Waals surface area contributed by atoms with Crippen molar-refractivity contribution in [3.8, 4) is 5.75 Å². The summed E-state index contributed by atoms with van der Waals surface area (Å²) in [6, 6.07) is 7.66. The smallest absolute Gasteiger partial charge is 0.790 e. The van der Waals surface area contributed by atoms with Gasteiger partial charge in [-0.1, -0.05) is 0 Å². The quantitative estimate of drug-likeness (QED) is 0.181. The summed E-state index contributed by atoms with van der Waals surface area (Å²) in [4.78, 5) is 36.9. The fraction of sp³-hybridized carbons (Fsp3) is 0.125. The molecule has 0 aliphatic carbocycles. The zero-order valence-corrected chi connectivity index (χ0v) is 23.3. The predicted octanol–water partition coefficient (Wildman–Crippen LogP) is -5.07. The molecule has 0 saturated carbocycles. The fourth-order valence-corrected chi connectivity index (χ4v) is 3.61. The number of hydrogen-bond acceptors (Lipinski definition) is 10. The average Bonchev–Trinajstić information content (AvgIpc) is 3.01. The van der Waals surface area contributed by atoms with Crippen molar-refractivity contribution in [2.24, 2.45) is 0 Å². The maximum absolute atomic E-state index is 13.0. The standard InChI is InChI=1S/C16H15FN3O9PS.2Na/c1-27-16(21)19-15-18-13-8-11(4-7-14(13)20(15)9-28-30(22,23)24)29-31(25,26)12-5-2-10(17)3-6-12;;/h2-8H,9H2,1H3,(H,18,19,21)(H2,22,23,24);;/q;2*+1/p-2. The monoisotopic (exact) mass is 519 g/mol. The number of amides is 1. The number of rotatable bonds is 7. The SMILES string of the molecule is COC(=O)Nc1nc2cc(OS(=O)(=O)c3ccc(F)cc3)ccc2n1COP(=O)([O-])[O-].[Na+].[Na+]. The van der Waals surface area contributed by atoms with Gasteiger partial charge in [-0.15, -0.1) is 0 Å². The van der Waals surface area contributed by atoms with E-state index in [1.165, 1.54) is 18.2 Å². The number of nitrogens with zero attached hydrogens (tertiary/aromatic N) is 2. The molecule has 0 aliphatic rings. The third-order valence-corrected chi connectivity index (χ3v) is 5.47. The summed E-state index contributed by atoms with van der Waals surface area (Å²) in [7, 11) is -8.56. The van der Waals surface area contributed by atoms with Crippen LogP contribution in [0.15, 0.2) is 47.4 Å². The molecule has 0 fully saturated rings. The molecule has 0 atom stereocenters. The molecule has 2 aromatic carbocycles. The van der Waals surface area contributed by atoms with Crippen molar-refractivity contribution in [1.82, 2.24) is 9.55 Å². The van der Waals surface area contributed by atoms with Crippen LogP contribution in [0.5, 0.6) is 5.75 Å². The zero-order chi connectivity index (χ0) is 22.8. The van der Waals surface area contributed by atoms with Gasteiger partial charge in [-0.3, -0.25) is 9.88 Å². The van der Waals surface area contributed by atoms with E-state index in [1.807, 2.05) is 0 Å². The summed E-state index contributed by atoms with van der Waals surface area (Å²) >= 11 is 0. The van der Waals surface area contributed by atoms with Crippen LogP contribution in [0.1, 0.15) is 0 Å². The first-order valence-electron chi connectivity index (χ1n) is 8.20. The summed E-state index contributed by atoms with van der Waals surface area (Å²) in [5, 5.41) is 2.21. The van der Waals surface area contributed by atoms with Crippen LogP contribution in [0.4, 0.5) is 15.1 Å². The summed E-state index contributed by atoms with van der Waals surface area (Å²) in [6.07, 6.45) is -0.945. The molecule has 1 aromatic heterocycles. The minimum absolute atomic E-state index is 0. The van der Waals surface area contributed by atoms with Crippen LogP contribution in [0, 0.1) is 5.82 Å². The van der Waals surface area contributed by atoms with Crippen LogP contribution >= 0.6 is 7.82 Å². The van der Waals surface area contributed by atoms with E-state index in [2.05, 4.69) is 19.6 Å². The van der Waals surface area contributed by atoms with Crippen molar-refractivity contribution in [3.63, 3.8) is 0 Å². The molecule has 0 aliphatic heterocycles. The second kappa shape index (κ2) is 12.1. The number of halogens is 1. The number of methoxy groups -OCH3 is 1. The molecule has 3 aromatic rings. The Bertz CT molecular complexity index is 1280. The topological polar surface area (TPSA) is 172 Å². The van der Waals surface area contributed by atoms with Gasteiger partial charge in [-0.05, 0) is 36.4 Å². The molecule has 0 spiro atoms. The van der Waals surface area contributed by atoms with Crippen LogP contribution in [0.3, 0.4) is 0 Å². The van der Waals surface area contributed by atoms with E-state index >= 15 is 0 Å². The first-order valence-corrected chi connectivity index (χ1v) is 11.1. The Balaban J connectivity index is 0.00000272. The normalized spacial score (nSPS) is 11.3. The van der Waals surface area contributed by atoms with Crippen LogP contribution < -0.4 is 78.4 Å². The largest absolute Gasteiger partial charge is 1.00 e. The van der Waals surface area contributed by atoms with E-state index in [9.17, 15) is 32.0 Å². The maximum atomic E-state index is 13.0. The summed E-state index contributed by atoms with van der Waals surface area (Å²) in [5.74, 6) is -1.04. The van der Waals surface area contributed by atoms with Gasteiger partial charge in [-0.2, -0.15) is 8.42 Å². The molecule has 1 N–H and O–H groups in total. The van der Waals surface area contributed by atoms with Crippen LogP contribution in [0.25, 0.3) is 11.0 Å². The van der Waals surface area contributed by atoms with E-state index in [1.54, 1.807) is 0 Å². The Morgan fingerprint density at radius 1 is 1.18 bits per heavy atom. The molecular weight excluding hydrogens is 506 g/mol. The minimum atomic E-state index is -5.34. The number of aromatic nitrogens is 2. The van der Waals surface area contributed by atoms with Crippen molar-refractivity contribution in [2.45, 2.75) is 11.6 Å². The van der Waals surface area contributed by atoms with E-state index in [4.69, 9.17) is 4.18 Å². The van der Waals surface area contributed by atoms with E-state index in [0.29, 0.717) is 0 Å². The van der Waals surface area contributed by atoms with Crippen molar-refractivity contribution < 1.29 is 105 Å². The third kappa shape index (κ3) is 8.01. The molecule has 0 unspecified atom stereocenters. The van der Waals surface area contributed by atoms with E-state index in [-0.39, 0.29) is 86.7 Å². The van der Waals surface area contributed by atoms with Crippen molar-refractivity contribution in [3.05, 3.63) is 48.3 Å². The number of imidazole rings is 1. The number of phosphoric ester groups is 1.